The summed E-state index contributed by atoms with van der Waals surface area (Å²) in [5.41, 5.74) is 5.39. The fourth-order valence-corrected chi connectivity index (χ4v) is 3.56. The van der Waals surface area contributed by atoms with Crippen LogP contribution in [-0.4, -0.2) is 25.6 Å². The van der Waals surface area contributed by atoms with E-state index in [9.17, 15) is 0 Å². The van der Waals surface area contributed by atoms with Crippen molar-refractivity contribution < 1.29 is 5.73 Å². The molecule has 0 saturated heterocycles. The number of quaternary nitrogens is 1. The first kappa shape index (κ1) is 14.0. The van der Waals surface area contributed by atoms with Crippen LogP contribution in [0.25, 0.3) is 4.96 Å². The van der Waals surface area contributed by atoms with Crippen LogP contribution in [0.15, 0.2) is 34.7 Å². The first-order valence-corrected chi connectivity index (χ1v) is 8.17. The van der Waals surface area contributed by atoms with Crippen LogP contribution in [0.4, 0.5) is 0 Å². The van der Waals surface area contributed by atoms with Crippen molar-refractivity contribution in [2.24, 2.45) is 0 Å². The molecule has 0 aliphatic carbocycles. The highest BCUT2D eigenvalue weighted by molar-refractivity contribution is 8.01. The average molecular weight is 317 g/mol. The number of hydrogen-bond acceptors (Lipinski definition) is 6. The van der Waals surface area contributed by atoms with Gasteiger partial charge in [0.15, 0.2) is 10.4 Å². The number of thioether (sulfide) groups is 1. The maximum atomic E-state index is 8.62. The van der Waals surface area contributed by atoms with Crippen molar-refractivity contribution in [1.29, 1.82) is 5.26 Å². The zero-order valence-corrected chi connectivity index (χ0v) is 12.8. The lowest BCUT2D eigenvalue weighted by atomic mass is 10.1. The minimum absolute atomic E-state index is 0.0154. The van der Waals surface area contributed by atoms with Crippen molar-refractivity contribution in [3.8, 4) is 6.07 Å². The molecule has 21 heavy (non-hydrogen) atoms. The van der Waals surface area contributed by atoms with Crippen molar-refractivity contribution >= 4 is 28.1 Å². The van der Waals surface area contributed by atoms with E-state index in [0.717, 1.165) is 21.5 Å². The third-order valence-electron chi connectivity index (χ3n) is 2.95. The molecule has 0 unspecified atom stereocenters. The van der Waals surface area contributed by atoms with Gasteiger partial charge in [-0.3, -0.25) is 0 Å². The van der Waals surface area contributed by atoms with Crippen molar-refractivity contribution in [3.63, 3.8) is 0 Å². The summed E-state index contributed by atoms with van der Waals surface area (Å²) >= 11 is 2.86. The van der Waals surface area contributed by atoms with Crippen LogP contribution in [0.5, 0.6) is 0 Å². The molecule has 0 fully saturated rings. The zero-order valence-electron chi connectivity index (χ0n) is 11.1. The monoisotopic (exact) mass is 317 g/mol. The van der Waals surface area contributed by atoms with Crippen LogP contribution in [0.1, 0.15) is 17.4 Å². The smallest absolute Gasteiger partial charge is 0.235 e. The topological polar surface area (TPSA) is 94.5 Å². The second-order valence-electron chi connectivity index (χ2n) is 4.45. The second-order valence-corrected chi connectivity index (χ2v) is 6.63. The zero-order chi connectivity index (χ0) is 14.7. The van der Waals surface area contributed by atoms with Crippen LogP contribution in [0.2, 0.25) is 0 Å². The van der Waals surface area contributed by atoms with Crippen molar-refractivity contribution in [2.45, 2.75) is 16.8 Å². The van der Waals surface area contributed by atoms with Gasteiger partial charge in [-0.05, 0) is 5.56 Å². The molecule has 3 rings (SSSR count). The molecule has 3 N–H and O–H groups in total. The van der Waals surface area contributed by atoms with E-state index in [1.807, 2.05) is 18.2 Å². The maximum absolute atomic E-state index is 8.62. The molecule has 1 atom stereocenters. The number of rotatable bonds is 5. The molecule has 6 nitrogen and oxygen atoms in total. The fraction of sp³-hybridized carbons (Fsp3) is 0.231. The van der Waals surface area contributed by atoms with Gasteiger partial charge in [0.25, 0.3) is 0 Å². The normalized spacial score (nSPS) is 12.4. The predicted molar refractivity (Wildman–Crippen MR) is 80.8 cm³/mol. The molecule has 8 heteroatoms. The summed E-state index contributed by atoms with van der Waals surface area (Å²) in [6, 6.07) is 12.3. The van der Waals surface area contributed by atoms with Gasteiger partial charge >= 0.3 is 0 Å². The molecule has 2 heterocycles. The van der Waals surface area contributed by atoms with Crippen LogP contribution in [0.3, 0.4) is 0 Å². The highest BCUT2D eigenvalue weighted by atomic mass is 32.2. The Morgan fingerprint density at radius 3 is 2.90 bits per heavy atom. The molecule has 0 aliphatic heterocycles. The Labute approximate surface area is 129 Å². The molecule has 3 aromatic rings. The Kier molecular flexibility index (Phi) is 4.15. The van der Waals surface area contributed by atoms with E-state index in [1.165, 1.54) is 28.7 Å². The van der Waals surface area contributed by atoms with Gasteiger partial charge in [0.1, 0.15) is 0 Å². The van der Waals surface area contributed by atoms with Gasteiger partial charge in [0.2, 0.25) is 10.8 Å². The van der Waals surface area contributed by atoms with Crippen molar-refractivity contribution in [3.05, 3.63) is 41.7 Å². The number of benzene rings is 1. The second kappa shape index (κ2) is 6.22. The van der Waals surface area contributed by atoms with Gasteiger partial charge in [-0.1, -0.05) is 53.4 Å². The minimum Gasteiger partial charge on any atom is -0.348 e. The molecule has 2 aromatic heterocycles. The maximum Gasteiger partial charge on any atom is 0.235 e. The highest BCUT2D eigenvalue weighted by Gasteiger charge is 2.20. The third kappa shape index (κ3) is 3.05. The lowest BCUT2D eigenvalue weighted by Gasteiger charge is -2.05. The average Bonchev–Trinajstić information content (AvgIpc) is 3.05. The molecule has 0 radical (unpaired) electrons. The van der Waals surface area contributed by atoms with Gasteiger partial charge in [0, 0.05) is 6.42 Å². The largest absolute Gasteiger partial charge is 0.348 e. The van der Waals surface area contributed by atoms with Gasteiger partial charge in [-0.2, -0.15) is 9.78 Å². The Hall–Kier alpha value is -1.95. The summed E-state index contributed by atoms with van der Waals surface area (Å²) in [5.74, 6) is 1.14. The van der Waals surface area contributed by atoms with Gasteiger partial charge < -0.3 is 5.73 Å². The number of nitriles is 1. The molecule has 106 valence electrons. The fourth-order valence-electron chi connectivity index (χ4n) is 2.01. The Morgan fingerprint density at radius 2 is 2.14 bits per heavy atom. The SMILES string of the molecule is N#CCSc1nn2c([C@@H]([NH3+])Cc3ccccc3)nnc2s1. The van der Waals surface area contributed by atoms with Crippen LogP contribution in [-0.2, 0) is 6.42 Å². The van der Waals surface area contributed by atoms with E-state index in [2.05, 4.69) is 39.2 Å². The van der Waals surface area contributed by atoms with Gasteiger partial charge in [-0.25, -0.2) is 0 Å². The summed E-state index contributed by atoms with van der Waals surface area (Å²) in [6.07, 6.45) is 0.791. The van der Waals surface area contributed by atoms with E-state index in [0.29, 0.717) is 5.75 Å². The quantitative estimate of drug-likeness (QED) is 0.716. The van der Waals surface area contributed by atoms with Crippen LogP contribution in [0, 0.1) is 11.3 Å². The summed E-state index contributed by atoms with van der Waals surface area (Å²) in [5, 5.41) is 21.4. The number of hydrogen-bond donors (Lipinski definition) is 1. The van der Waals surface area contributed by atoms with Crippen LogP contribution < -0.4 is 5.73 Å². The van der Waals surface area contributed by atoms with E-state index in [-0.39, 0.29) is 6.04 Å². The number of fused-ring (bicyclic) bond motifs is 1. The minimum atomic E-state index is -0.0154. The summed E-state index contributed by atoms with van der Waals surface area (Å²) in [6.45, 7) is 0. The standard InChI is InChI=1S/C13H12N6S2/c14-6-7-20-13-18-19-11(16-17-12(19)21-13)10(15)8-9-4-2-1-3-5-9/h1-5,10H,7-8,15H2/p+1/t10-/m0/s1. The summed E-state index contributed by atoms with van der Waals surface area (Å²) < 4.78 is 2.57. The van der Waals surface area contributed by atoms with E-state index >= 15 is 0 Å². The Morgan fingerprint density at radius 1 is 1.33 bits per heavy atom. The van der Waals surface area contributed by atoms with Gasteiger partial charge in [0.05, 0.1) is 11.8 Å². The summed E-state index contributed by atoms with van der Waals surface area (Å²) in [4.78, 5) is 0.743. The number of nitrogens with zero attached hydrogens (tertiary/aromatic N) is 5. The highest BCUT2D eigenvalue weighted by Crippen LogP contribution is 2.25. The molecule has 0 saturated carbocycles. The van der Waals surface area contributed by atoms with E-state index < -0.39 is 0 Å². The lowest BCUT2D eigenvalue weighted by Crippen LogP contribution is -2.55. The third-order valence-corrected chi connectivity index (χ3v) is 4.85. The number of aromatic nitrogens is 4. The first-order chi connectivity index (χ1) is 10.3. The van der Waals surface area contributed by atoms with Gasteiger partial charge in [-0.15, -0.1) is 15.3 Å². The van der Waals surface area contributed by atoms with Crippen molar-refractivity contribution in [1.82, 2.24) is 19.8 Å². The Balaban J connectivity index is 1.82. The molecular weight excluding hydrogens is 304 g/mol. The Bertz CT molecular complexity index is 773. The predicted octanol–water partition coefficient (Wildman–Crippen LogP) is 1.33. The van der Waals surface area contributed by atoms with Crippen molar-refractivity contribution in [2.75, 3.05) is 5.75 Å². The van der Waals surface area contributed by atoms with E-state index in [4.69, 9.17) is 5.26 Å². The summed E-state index contributed by atoms with van der Waals surface area (Å²) in [7, 11) is 0. The molecule has 0 spiro atoms. The molecule has 0 bridgehead atoms. The molecule has 1 aromatic carbocycles. The van der Waals surface area contributed by atoms with Crippen LogP contribution >= 0.6 is 23.1 Å². The lowest BCUT2D eigenvalue weighted by molar-refractivity contribution is -0.428. The molecule has 0 aliphatic rings. The van der Waals surface area contributed by atoms with E-state index in [1.54, 1.807) is 4.52 Å². The molecule has 0 amide bonds. The first-order valence-electron chi connectivity index (χ1n) is 6.37. The molecular formula is C13H13N6S2+.